The number of nitrogens with zero attached hydrogens (tertiary/aromatic N) is 2. The van der Waals surface area contributed by atoms with Gasteiger partial charge in [0.1, 0.15) is 5.69 Å². The van der Waals surface area contributed by atoms with Gasteiger partial charge in [-0.2, -0.15) is 0 Å². The number of aromatic nitrogens is 1. The van der Waals surface area contributed by atoms with Crippen LogP contribution in [-0.4, -0.2) is 65.4 Å². The van der Waals surface area contributed by atoms with E-state index >= 15 is 0 Å². The lowest BCUT2D eigenvalue weighted by Gasteiger charge is -2.33. The summed E-state index contributed by atoms with van der Waals surface area (Å²) >= 11 is 0. The van der Waals surface area contributed by atoms with Crippen LogP contribution in [0.15, 0.2) is 12.3 Å². The van der Waals surface area contributed by atoms with Crippen molar-refractivity contribution in [3.8, 4) is 0 Å². The second-order valence-electron chi connectivity index (χ2n) is 5.85. The Morgan fingerprint density at radius 3 is 2.67 bits per heavy atom. The zero-order valence-electron chi connectivity index (χ0n) is 12.4. The van der Waals surface area contributed by atoms with E-state index in [1.54, 1.807) is 12.3 Å². The van der Waals surface area contributed by atoms with Crippen molar-refractivity contribution in [2.45, 2.75) is 25.8 Å². The lowest BCUT2D eigenvalue weighted by molar-refractivity contribution is 0.0656. The number of rotatable bonds is 2. The third-order valence-corrected chi connectivity index (χ3v) is 4.32. The molecule has 0 spiro atoms. The molecule has 2 aliphatic rings. The first-order chi connectivity index (χ1) is 10.2. The summed E-state index contributed by atoms with van der Waals surface area (Å²) in [5.74, 6) is 0.000584. The highest BCUT2D eigenvalue weighted by molar-refractivity contribution is 5.99. The Morgan fingerprint density at radius 2 is 1.95 bits per heavy atom. The third-order valence-electron chi connectivity index (χ3n) is 4.32. The highest BCUT2D eigenvalue weighted by Crippen LogP contribution is 2.15. The predicted molar refractivity (Wildman–Crippen MR) is 79.3 cm³/mol. The number of aromatic amines is 1. The maximum atomic E-state index is 12.5. The molecule has 2 saturated heterocycles. The van der Waals surface area contributed by atoms with E-state index in [-0.39, 0.29) is 17.9 Å². The topological polar surface area (TPSA) is 68.4 Å². The Labute approximate surface area is 124 Å². The van der Waals surface area contributed by atoms with Gasteiger partial charge in [0.2, 0.25) is 0 Å². The summed E-state index contributed by atoms with van der Waals surface area (Å²) in [6, 6.07) is 1.87. The minimum Gasteiger partial charge on any atom is -0.356 e. The Morgan fingerprint density at radius 1 is 1.19 bits per heavy atom. The van der Waals surface area contributed by atoms with Crippen LogP contribution in [-0.2, 0) is 0 Å². The molecule has 0 aromatic carbocycles. The molecule has 114 valence electrons. The Bertz CT molecular complexity index is 534. The highest BCUT2D eigenvalue weighted by atomic mass is 16.2. The molecule has 2 aliphatic heterocycles. The molecule has 6 nitrogen and oxygen atoms in total. The molecule has 2 fully saturated rings. The number of hydrogen-bond donors (Lipinski definition) is 2. The van der Waals surface area contributed by atoms with Gasteiger partial charge in [0.25, 0.3) is 11.8 Å². The maximum Gasteiger partial charge on any atom is 0.270 e. The minimum atomic E-state index is -0.0000840. The van der Waals surface area contributed by atoms with Crippen molar-refractivity contribution in [2.75, 3.05) is 32.7 Å². The van der Waals surface area contributed by atoms with Gasteiger partial charge in [-0.05, 0) is 25.8 Å². The number of amides is 2. The smallest absolute Gasteiger partial charge is 0.270 e. The number of hydrogen-bond acceptors (Lipinski definition) is 3. The van der Waals surface area contributed by atoms with Crippen molar-refractivity contribution in [3.05, 3.63) is 23.5 Å². The SMILES string of the molecule is C[C@H]1CNCCN1C(=O)c1c[nH]c(C(=O)N2CCCC2)c1. The Kier molecular flexibility index (Phi) is 3.96. The van der Waals surface area contributed by atoms with Crippen LogP contribution < -0.4 is 5.32 Å². The standard InChI is InChI=1S/C15H22N4O2/c1-11-9-16-4-7-19(11)14(20)12-8-13(17-10-12)15(21)18-5-2-3-6-18/h8,10-11,16-17H,2-7,9H2,1H3/t11-/m0/s1. The van der Waals surface area contributed by atoms with Crippen LogP contribution in [0.3, 0.4) is 0 Å². The largest absolute Gasteiger partial charge is 0.356 e. The van der Waals surface area contributed by atoms with Crippen molar-refractivity contribution in [1.29, 1.82) is 0 Å². The first-order valence-electron chi connectivity index (χ1n) is 7.66. The second-order valence-corrected chi connectivity index (χ2v) is 5.85. The highest BCUT2D eigenvalue weighted by Gasteiger charge is 2.26. The zero-order chi connectivity index (χ0) is 14.8. The van der Waals surface area contributed by atoms with Gasteiger partial charge in [-0.3, -0.25) is 9.59 Å². The van der Waals surface area contributed by atoms with Crippen molar-refractivity contribution >= 4 is 11.8 Å². The number of piperazine rings is 1. The quantitative estimate of drug-likeness (QED) is 0.842. The van der Waals surface area contributed by atoms with Gasteiger partial charge < -0.3 is 20.1 Å². The molecule has 2 amide bonds. The average Bonchev–Trinajstić information content (AvgIpc) is 3.18. The molecular weight excluding hydrogens is 268 g/mol. The van der Waals surface area contributed by atoms with E-state index in [0.29, 0.717) is 17.8 Å². The maximum absolute atomic E-state index is 12.5. The lowest BCUT2D eigenvalue weighted by Crippen LogP contribution is -2.52. The Balaban J connectivity index is 1.71. The van der Waals surface area contributed by atoms with E-state index in [2.05, 4.69) is 10.3 Å². The van der Waals surface area contributed by atoms with E-state index in [0.717, 1.165) is 39.0 Å². The number of nitrogens with one attached hydrogen (secondary N) is 2. The van der Waals surface area contributed by atoms with Crippen molar-refractivity contribution < 1.29 is 9.59 Å². The van der Waals surface area contributed by atoms with Crippen LogP contribution in [0.1, 0.15) is 40.6 Å². The summed E-state index contributed by atoms with van der Waals surface area (Å²) in [7, 11) is 0. The monoisotopic (exact) mass is 290 g/mol. The van der Waals surface area contributed by atoms with E-state index in [9.17, 15) is 9.59 Å². The molecule has 0 bridgehead atoms. The van der Waals surface area contributed by atoms with Crippen LogP contribution >= 0.6 is 0 Å². The Hall–Kier alpha value is -1.82. The minimum absolute atomic E-state index is 0.0000840. The van der Waals surface area contributed by atoms with Gasteiger partial charge >= 0.3 is 0 Å². The first kappa shape index (κ1) is 14.1. The predicted octanol–water partition coefficient (Wildman–Crippen LogP) is 0.685. The summed E-state index contributed by atoms with van der Waals surface area (Å²) in [5, 5.41) is 3.27. The number of carbonyl (C=O) groups excluding carboxylic acids is 2. The van der Waals surface area contributed by atoms with E-state index in [1.807, 2.05) is 16.7 Å². The molecule has 1 atom stereocenters. The number of likely N-dealkylation sites (tertiary alicyclic amines) is 1. The number of carbonyl (C=O) groups is 2. The summed E-state index contributed by atoms with van der Waals surface area (Å²) in [6.45, 7) is 6.01. The summed E-state index contributed by atoms with van der Waals surface area (Å²) in [6.07, 6.45) is 3.79. The van der Waals surface area contributed by atoms with Crippen LogP contribution in [0.4, 0.5) is 0 Å². The van der Waals surface area contributed by atoms with Gasteiger partial charge in [-0.25, -0.2) is 0 Å². The van der Waals surface area contributed by atoms with Crippen molar-refractivity contribution in [1.82, 2.24) is 20.1 Å². The molecule has 0 unspecified atom stereocenters. The summed E-state index contributed by atoms with van der Waals surface area (Å²) in [5.41, 5.74) is 1.09. The van der Waals surface area contributed by atoms with Gasteiger partial charge in [-0.15, -0.1) is 0 Å². The lowest BCUT2D eigenvalue weighted by atomic mass is 10.1. The van der Waals surface area contributed by atoms with Gasteiger partial charge in [0.15, 0.2) is 0 Å². The number of H-pyrrole nitrogens is 1. The van der Waals surface area contributed by atoms with Crippen molar-refractivity contribution in [3.63, 3.8) is 0 Å². The van der Waals surface area contributed by atoms with Crippen LogP contribution in [0.5, 0.6) is 0 Å². The molecular formula is C15H22N4O2. The van der Waals surface area contributed by atoms with Gasteiger partial charge in [0, 0.05) is 45.0 Å². The molecule has 21 heavy (non-hydrogen) atoms. The van der Waals surface area contributed by atoms with Crippen LogP contribution in [0, 0.1) is 0 Å². The fraction of sp³-hybridized carbons (Fsp3) is 0.600. The molecule has 1 aromatic heterocycles. The fourth-order valence-corrected chi connectivity index (χ4v) is 3.04. The van der Waals surface area contributed by atoms with E-state index in [1.165, 1.54) is 0 Å². The average molecular weight is 290 g/mol. The summed E-state index contributed by atoms with van der Waals surface area (Å²) < 4.78 is 0. The second kappa shape index (κ2) is 5.89. The molecule has 3 heterocycles. The first-order valence-corrected chi connectivity index (χ1v) is 7.66. The van der Waals surface area contributed by atoms with Gasteiger partial charge in [0.05, 0.1) is 5.56 Å². The fourth-order valence-electron chi connectivity index (χ4n) is 3.04. The molecule has 0 radical (unpaired) electrons. The summed E-state index contributed by atoms with van der Waals surface area (Å²) in [4.78, 5) is 31.5. The normalized spacial score (nSPS) is 22.6. The van der Waals surface area contributed by atoms with E-state index in [4.69, 9.17) is 0 Å². The molecule has 1 aromatic rings. The van der Waals surface area contributed by atoms with Crippen LogP contribution in [0.25, 0.3) is 0 Å². The molecule has 3 rings (SSSR count). The molecule has 6 heteroatoms. The molecule has 2 N–H and O–H groups in total. The zero-order valence-corrected chi connectivity index (χ0v) is 12.4. The molecule has 0 saturated carbocycles. The van der Waals surface area contributed by atoms with Gasteiger partial charge in [-0.1, -0.05) is 0 Å². The molecule has 0 aliphatic carbocycles. The third kappa shape index (κ3) is 2.81. The van der Waals surface area contributed by atoms with Crippen LogP contribution in [0.2, 0.25) is 0 Å². The van der Waals surface area contributed by atoms with Crippen molar-refractivity contribution in [2.24, 2.45) is 0 Å². The van der Waals surface area contributed by atoms with E-state index < -0.39 is 0 Å².